The minimum absolute atomic E-state index is 0.197. The van der Waals surface area contributed by atoms with Crippen LogP contribution >= 0.6 is 0 Å². The summed E-state index contributed by atoms with van der Waals surface area (Å²) in [5.41, 5.74) is -0.416. The van der Waals surface area contributed by atoms with Gasteiger partial charge >= 0.3 is 6.09 Å². The number of amides is 1. The SMILES string of the molecule is C=CCCNC1CCCN(C(=O)OC(C)(C)C)C1. The number of nitrogens with zero attached hydrogens (tertiary/aromatic N) is 1. The van der Waals surface area contributed by atoms with E-state index in [2.05, 4.69) is 11.9 Å². The standard InChI is InChI=1S/C14H26N2O2/c1-5-6-9-15-12-8-7-10-16(11-12)13(17)18-14(2,3)4/h5,12,15H,1,6-11H2,2-4H3. The summed E-state index contributed by atoms with van der Waals surface area (Å²) in [6, 6.07) is 0.381. The molecule has 1 atom stereocenters. The summed E-state index contributed by atoms with van der Waals surface area (Å²) in [4.78, 5) is 13.8. The minimum Gasteiger partial charge on any atom is -0.444 e. The van der Waals surface area contributed by atoms with Crippen molar-refractivity contribution in [2.24, 2.45) is 0 Å². The molecule has 0 bridgehead atoms. The highest BCUT2D eigenvalue weighted by Crippen LogP contribution is 2.15. The van der Waals surface area contributed by atoms with Gasteiger partial charge < -0.3 is 15.0 Å². The maximum absolute atomic E-state index is 11.9. The third-order valence-electron chi connectivity index (χ3n) is 2.85. The Balaban J connectivity index is 2.38. The van der Waals surface area contributed by atoms with E-state index in [0.717, 1.165) is 38.9 Å². The Hall–Kier alpha value is -1.03. The van der Waals surface area contributed by atoms with Gasteiger partial charge in [-0.05, 0) is 46.6 Å². The van der Waals surface area contributed by atoms with Crippen molar-refractivity contribution < 1.29 is 9.53 Å². The maximum Gasteiger partial charge on any atom is 0.410 e. The third-order valence-corrected chi connectivity index (χ3v) is 2.85. The highest BCUT2D eigenvalue weighted by Gasteiger charge is 2.27. The van der Waals surface area contributed by atoms with Crippen LogP contribution in [0.15, 0.2) is 12.7 Å². The van der Waals surface area contributed by atoms with E-state index >= 15 is 0 Å². The van der Waals surface area contributed by atoms with Gasteiger partial charge in [0.1, 0.15) is 5.60 Å². The second kappa shape index (κ2) is 6.78. The Labute approximate surface area is 110 Å². The van der Waals surface area contributed by atoms with Crippen LogP contribution in [-0.2, 0) is 4.74 Å². The first kappa shape index (κ1) is 15.0. The molecular weight excluding hydrogens is 228 g/mol. The lowest BCUT2D eigenvalue weighted by Gasteiger charge is -2.34. The van der Waals surface area contributed by atoms with E-state index in [4.69, 9.17) is 4.74 Å². The van der Waals surface area contributed by atoms with E-state index in [9.17, 15) is 4.79 Å². The van der Waals surface area contributed by atoms with Crippen LogP contribution in [0.3, 0.4) is 0 Å². The molecule has 0 aromatic heterocycles. The number of piperidine rings is 1. The molecule has 0 aromatic rings. The Morgan fingerprint density at radius 1 is 1.56 bits per heavy atom. The van der Waals surface area contributed by atoms with Crippen molar-refractivity contribution in [1.82, 2.24) is 10.2 Å². The number of rotatable bonds is 4. The van der Waals surface area contributed by atoms with E-state index in [1.807, 2.05) is 26.8 Å². The molecule has 18 heavy (non-hydrogen) atoms. The number of likely N-dealkylation sites (tertiary alicyclic amines) is 1. The zero-order chi connectivity index (χ0) is 13.6. The van der Waals surface area contributed by atoms with Crippen LogP contribution in [0, 0.1) is 0 Å². The lowest BCUT2D eigenvalue weighted by Crippen LogP contribution is -2.49. The van der Waals surface area contributed by atoms with Crippen LogP contribution in [0.25, 0.3) is 0 Å². The van der Waals surface area contributed by atoms with Crippen molar-refractivity contribution in [2.75, 3.05) is 19.6 Å². The van der Waals surface area contributed by atoms with Crippen LogP contribution in [0.1, 0.15) is 40.0 Å². The van der Waals surface area contributed by atoms with Crippen LogP contribution < -0.4 is 5.32 Å². The molecule has 1 rings (SSSR count). The van der Waals surface area contributed by atoms with E-state index in [0.29, 0.717) is 6.04 Å². The Bertz CT molecular complexity index is 284. The molecule has 1 N–H and O–H groups in total. The third kappa shape index (κ3) is 5.54. The van der Waals surface area contributed by atoms with Crippen molar-refractivity contribution in [3.05, 3.63) is 12.7 Å². The van der Waals surface area contributed by atoms with Crippen LogP contribution in [0.4, 0.5) is 4.79 Å². The summed E-state index contributed by atoms with van der Waals surface area (Å²) in [7, 11) is 0. The second-order valence-corrected chi connectivity index (χ2v) is 5.80. The molecule has 0 radical (unpaired) electrons. The fourth-order valence-electron chi connectivity index (χ4n) is 2.03. The Morgan fingerprint density at radius 2 is 2.28 bits per heavy atom. The van der Waals surface area contributed by atoms with Crippen molar-refractivity contribution in [1.29, 1.82) is 0 Å². The van der Waals surface area contributed by atoms with Crippen molar-refractivity contribution in [3.63, 3.8) is 0 Å². The van der Waals surface area contributed by atoms with Crippen LogP contribution in [0.5, 0.6) is 0 Å². The molecule has 104 valence electrons. The lowest BCUT2D eigenvalue weighted by atomic mass is 10.1. The molecule has 1 unspecified atom stereocenters. The van der Waals surface area contributed by atoms with E-state index in [1.54, 1.807) is 4.90 Å². The summed E-state index contributed by atoms with van der Waals surface area (Å²) in [5.74, 6) is 0. The van der Waals surface area contributed by atoms with Crippen molar-refractivity contribution >= 4 is 6.09 Å². The highest BCUT2D eigenvalue weighted by molar-refractivity contribution is 5.68. The zero-order valence-electron chi connectivity index (χ0n) is 11.9. The molecular formula is C14H26N2O2. The molecule has 4 nitrogen and oxygen atoms in total. The van der Waals surface area contributed by atoms with E-state index < -0.39 is 5.60 Å². The van der Waals surface area contributed by atoms with Gasteiger partial charge in [0.2, 0.25) is 0 Å². The summed E-state index contributed by atoms with van der Waals surface area (Å²) in [6.45, 7) is 11.9. The largest absolute Gasteiger partial charge is 0.444 e. The first-order valence-electron chi connectivity index (χ1n) is 6.74. The number of carbonyl (C=O) groups is 1. The van der Waals surface area contributed by atoms with Gasteiger partial charge in [-0.1, -0.05) is 6.08 Å². The average Bonchev–Trinajstić information content (AvgIpc) is 2.27. The molecule has 0 aromatic carbocycles. The lowest BCUT2D eigenvalue weighted by molar-refractivity contribution is 0.0188. The zero-order valence-corrected chi connectivity index (χ0v) is 11.9. The first-order valence-corrected chi connectivity index (χ1v) is 6.74. The number of ether oxygens (including phenoxy) is 1. The monoisotopic (exact) mass is 254 g/mol. The summed E-state index contributed by atoms with van der Waals surface area (Å²) in [6.07, 6.45) is 4.82. The predicted octanol–water partition coefficient (Wildman–Crippen LogP) is 2.55. The number of carbonyl (C=O) groups excluding carboxylic acids is 1. The molecule has 0 saturated carbocycles. The second-order valence-electron chi connectivity index (χ2n) is 5.80. The molecule has 0 spiro atoms. The van der Waals surface area contributed by atoms with Gasteiger partial charge in [0, 0.05) is 19.1 Å². The fourth-order valence-corrected chi connectivity index (χ4v) is 2.03. The number of hydrogen-bond acceptors (Lipinski definition) is 3. The maximum atomic E-state index is 11.9. The number of hydrogen-bond donors (Lipinski definition) is 1. The highest BCUT2D eigenvalue weighted by atomic mass is 16.6. The summed E-state index contributed by atoms with van der Waals surface area (Å²) in [5, 5.41) is 3.45. The van der Waals surface area contributed by atoms with E-state index in [1.165, 1.54) is 0 Å². The Kier molecular flexibility index (Phi) is 5.66. The van der Waals surface area contributed by atoms with Crippen LogP contribution in [-0.4, -0.2) is 42.3 Å². The van der Waals surface area contributed by atoms with Gasteiger partial charge in [0.15, 0.2) is 0 Å². The summed E-state index contributed by atoms with van der Waals surface area (Å²) < 4.78 is 5.39. The average molecular weight is 254 g/mol. The molecule has 1 saturated heterocycles. The van der Waals surface area contributed by atoms with Gasteiger partial charge in [0.25, 0.3) is 0 Å². The fraction of sp³-hybridized carbons (Fsp3) is 0.786. The van der Waals surface area contributed by atoms with Crippen LogP contribution in [0.2, 0.25) is 0 Å². The Morgan fingerprint density at radius 3 is 2.89 bits per heavy atom. The van der Waals surface area contributed by atoms with Gasteiger partial charge in [0.05, 0.1) is 0 Å². The van der Waals surface area contributed by atoms with Gasteiger partial charge in [-0.3, -0.25) is 0 Å². The normalized spacial score (nSPS) is 20.6. The molecule has 1 aliphatic heterocycles. The van der Waals surface area contributed by atoms with Gasteiger partial charge in [-0.15, -0.1) is 6.58 Å². The smallest absolute Gasteiger partial charge is 0.410 e. The molecule has 1 heterocycles. The van der Waals surface area contributed by atoms with Crippen molar-refractivity contribution in [3.8, 4) is 0 Å². The van der Waals surface area contributed by atoms with E-state index in [-0.39, 0.29) is 6.09 Å². The molecule has 1 amide bonds. The molecule has 1 fully saturated rings. The minimum atomic E-state index is -0.416. The molecule has 0 aliphatic carbocycles. The quantitative estimate of drug-likeness (QED) is 0.619. The predicted molar refractivity (Wildman–Crippen MR) is 73.6 cm³/mol. The first-order chi connectivity index (χ1) is 8.42. The summed E-state index contributed by atoms with van der Waals surface area (Å²) >= 11 is 0. The number of nitrogens with one attached hydrogen (secondary N) is 1. The molecule has 4 heteroatoms. The van der Waals surface area contributed by atoms with Gasteiger partial charge in [-0.25, -0.2) is 4.79 Å². The topological polar surface area (TPSA) is 41.6 Å². The molecule has 1 aliphatic rings. The van der Waals surface area contributed by atoms with Gasteiger partial charge in [-0.2, -0.15) is 0 Å². The van der Waals surface area contributed by atoms with Crippen molar-refractivity contribution in [2.45, 2.75) is 51.7 Å².